The highest BCUT2D eigenvalue weighted by atomic mass is 35.5. The molecule has 0 aliphatic carbocycles. The van der Waals surface area contributed by atoms with Crippen molar-refractivity contribution in [2.24, 2.45) is 0 Å². The van der Waals surface area contributed by atoms with Crippen LogP contribution >= 0.6 is 11.6 Å². The number of hydrogen-bond acceptors (Lipinski definition) is 2. The first-order valence-electron chi connectivity index (χ1n) is 4.19. The molecule has 0 aliphatic rings. The fourth-order valence-electron chi connectivity index (χ4n) is 1.30. The number of benzene rings is 1. The number of Topliss-reactive ketones (excluding diaryl/α,β-unsaturated/α-hetero) is 1. The molecule has 4 heteroatoms. The Balaban J connectivity index is 3.06. The maximum Gasteiger partial charge on any atom is 0.151 e. The van der Waals surface area contributed by atoms with Gasteiger partial charge >= 0.3 is 0 Å². The SMILES string of the molecule is CNC(C(C)=O)c1ccc(F)c(Cl)c1. The minimum Gasteiger partial charge on any atom is -0.307 e. The minimum atomic E-state index is -0.478. The molecule has 1 unspecified atom stereocenters. The molecule has 14 heavy (non-hydrogen) atoms. The van der Waals surface area contributed by atoms with Crippen LogP contribution in [0.2, 0.25) is 5.02 Å². The quantitative estimate of drug-likeness (QED) is 0.839. The number of hydrogen-bond donors (Lipinski definition) is 1. The van der Waals surface area contributed by atoms with Crippen LogP contribution in [0.25, 0.3) is 0 Å². The van der Waals surface area contributed by atoms with Crippen LogP contribution in [0.15, 0.2) is 18.2 Å². The second-order valence-electron chi connectivity index (χ2n) is 3.01. The molecule has 1 atom stereocenters. The first kappa shape index (κ1) is 11.1. The van der Waals surface area contributed by atoms with E-state index in [1.54, 1.807) is 13.1 Å². The zero-order chi connectivity index (χ0) is 10.7. The molecule has 1 aromatic carbocycles. The van der Waals surface area contributed by atoms with Gasteiger partial charge < -0.3 is 5.32 Å². The highest BCUT2D eigenvalue weighted by molar-refractivity contribution is 6.30. The third kappa shape index (κ3) is 2.30. The Kier molecular flexibility index (Phi) is 3.61. The van der Waals surface area contributed by atoms with E-state index in [0.717, 1.165) is 0 Å². The van der Waals surface area contributed by atoms with Gasteiger partial charge in [-0.25, -0.2) is 4.39 Å². The van der Waals surface area contributed by atoms with Crippen molar-refractivity contribution >= 4 is 17.4 Å². The van der Waals surface area contributed by atoms with Crippen molar-refractivity contribution in [3.8, 4) is 0 Å². The maximum absolute atomic E-state index is 12.8. The molecule has 0 heterocycles. The number of ketones is 1. The van der Waals surface area contributed by atoms with Crippen molar-refractivity contribution in [2.75, 3.05) is 7.05 Å². The number of carbonyl (C=O) groups is 1. The Labute approximate surface area is 87.1 Å². The van der Waals surface area contributed by atoms with Gasteiger partial charge in [0.2, 0.25) is 0 Å². The van der Waals surface area contributed by atoms with Gasteiger partial charge in [-0.1, -0.05) is 17.7 Å². The maximum atomic E-state index is 12.8. The summed E-state index contributed by atoms with van der Waals surface area (Å²) in [5.74, 6) is -0.510. The summed E-state index contributed by atoms with van der Waals surface area (Å²) in [5.41, 5.74) is 0.673. The van der Waals surface area contributed by atoms with E-state index in [4.69, 9.17) is 11.6 Å². The van der Waals surface area contributed by atoms with E-state index in [1.807, 2.05) is 0 Å². The molecular weight excluding hydrogens is 205 g/mol. The Hall–Kier alpha value is -0.930. The van der Waals surface area contributed by atoms with E-state index in [1.165, 1.54) is 19.1 Å². The van der Waals surface area contributed by atoms with Crippen LogP contribution < -0.4 is 5.32 Å². The molecule has 0 aliphatic heterocycles. The monoisotopic (exact) mass is 215 g/mol. The smallest absolute Gasteiger partial charge is 0.151 e. The third-order valence-corrected chi connectivity index (χ3v) is 2.26. The van der Waals surface area contributed by atoms with Crippen molar-refractivity contribution in [3.05, 3.63) is 34.6 Å². The van der Waals surface area contributed by atoms with Gasteiger partial charge in [-0.3, -0.25) is 4.79 Å². The molecule has 0 amide bonds. The average molecular weight is 216 g/mol. The molecule has 1 aromatic rings. The van der Waals surface area contributed by atoms with Crippen molar-refractivity contribution in [3.63, 3.8) is 0 Å². The Morgan fingerprint density at radius 3 is 2.64 bits per heavy atom. The van der Waals surface area contributed by atoms with E-state index in [0.29, 0.717) is 5.56 Å². The summed E-state index contributed by atoms with van der Waals surface area (Å²) in [6.07, 6.45) is 0. The van der Waals surface area contributed by atoms with Crippen LogP contribution in [0, 0.1) is 5.82 Å². The van der Waals surface area contributed by atoms with E-state index in [2.05, 4.69) is 5.32 Å². The molecule has 0 saturated heterocycles. The fourth-order valence-corrected chi connectivity index (χ4v) is 1.49. The Morgan fingerprint density at radius 2 is 2.21 bits per heavy atom. The topological polar surface area (TPSA) is 29.1 Å². The zero-order valence-corrected chi connectivity index (χ0v) is 8.73. The summed E-state index contributed by atoms with van der Waals surface area (Å²) in [4.78, 5) is 11.2. The van der Waals surface area contributed by atoms with Gasteiger partial charge in [-0.2, -0.15) is 0 Å². The molecule has 1 N–H and O–H groups in total. The molecule has 76 valence electrons. The number of carbonyl (C=O) groups excluding carboxylic acids is 1. The Bertz CT molecular complexity index is 354. The fraction of sp³-hybridized carbons (Fsp3) is 0.300. The van der Waals surface area contributed by atoms with Gasteiger partial charge in [0.25, 0.3) is 0 Å². The van der Waals surface area contributed by atoms with Crippen LogP contribution in [0.3, 0.4) is 0 Å². The van der Waals surface area contributed by atoms with Gasteiger partial charge in [0.15, 0.2) is 5.78 Å². The van der Waals surface area contributed by atoms with Gasteiger partial charge in [-0.15, -0.1) is 0 Å². The third-order valence-electron chi connectivity index (χ3n) is 1.97. The van der Waals surface area contributed by atoms with Crippen molar-refractivity contribution in [2.45, 2.75) is 13.0 Å². The highest BCUT2D eigenvalue weighted by Crippen LogP contribution is 2.21. The summed E-state index contributed by atoms with van der Waals surface area (Å²) in [6, 6.07) is 3.84. The van der Waals surface area contributed by atoms with Gasteiger partial charge in [-0.05, 0) is 31.7 Å². The van der Waals surface area contributed by atoms with Crippen molar-refractivity contribution in [1.82, 2.24) is 5.32 Å². The van der Waals surface area contributed by atoms with Crippen molar-refractivity contribution in [1.29, 1.82) is 0 Å². The minimum absolute atomic E-state index is 0.0315. The van der Waals surface area contributed by atoms with E-state index < -0.39 is 11.9 Å². The highest BCUT2D eigenvalue weighted by Gasteiger charge is 2.15. The van der Waals surface area contributed by atoms with E-state index in [-0.39, 0.29) is 10.8 Å². The van der Waals surface area contributed by atoms with E-state index in [9.17, 15) is 9.18 Å². The summed E-state index contributed by atoms with van der Waals surface area (Å²) in [6.45, 7) is 1.47. The van der Waals surface area contributed by atoms with Crippen LogP contribution in [-0.2, 0) is 4.79 Å². The first-order valence-corrected chi connectivity index (χ1v) is 4.56. The molecule has 0 spiro atoms. The van der Waals surface area contributed by atoms with Gasteiger partial charge in [0.1, 0.15) is 5.82 Å². The lowest BCUT2D eigenvalue weighted by Crippen LogP contribution is -2.23. The lowest BCUT2D eigenvalue weighted by atomic mass is 10.0. The molecular formula is C10H11ClFNO. The van der Waals surface area contributed by atoms with Crippen LogP contribution in [0.4, 0.5) is 4.39 Å². The summed E-state index contributed by atoms with van der Waals surface area (Å²) < 4.78 is 12.8. The number of likely N-dealkylation sites (N-methyl/N-ethyl adjacent to an activating group) is 1. The number of nitrogens with one attached hydrogen (secondary N) is 1. The second kappa shape index (κ2) is 4.53. The first-order chi connectivity index (χ1) is 6.56. The standard InChI is InChI=1S/C10H11ClFNO/c1-6(14)10(13-2)7-3-4-9(12)8(11)5-7/h3-5,10,13H,1-2H3. The van der Waals surface area contributed by atoms with Crippen molar-refractivity contribution < 1.29 is 9.18 Å². The predicted molar refractivity (Wildman–Crippen MR) is 53.9 cm³/mol. The molecule has 0 fully saturated rings. The Morgan fingerprint density at radius 1 is 1.57 bits per heavy atom. The second-order valence-corrected chi connectivity index (χ2v) is 3.41. The van der Waals surface area contributed by atoms with Crippen LogP contribution in [-0.4, -0.2) is 12.8 Å². The number of halogens is 2. The molecule has 1 rings (SSSR count). The molecule has 0 bridgehead atoms. The van der Waals surface area contributed by atoms with Gasteiger partial charge in [0, 0.05) is 0 Å². The average Bonchev–Trinajstić information content (AvgIpc) is 2.11. The lowest BCUT2D eigenvalue weighted by Gasteiger charge is -2.13. The molecule has 0 saturated carbocycles. The summed E-state index contributed by atoms with van der Waals surface area (Å²) >= 11 is 5.61. The largest absolute Gasteiger partial charge is 0.307 e. The van der Waals surface area contributed by atoms with Crippen LogP contribution in [0.1, 0.15) is 18.5 Å². The lowest BCUT2D eigenvalue weighted by molar-refractivity contribution is -0.119. The van der Waals surface area contributed by atoms with Crippen LogP contribution in [0.5, 0.6) is 0 Å². The zero-order valence-electron chi connectivity index (χ0n) is 7.97. The molecule has 2 nitrogen and oxygen atoms in total. The number of rotatable bonds is 3. The molecule has 0 radical (unpaired) electrons. The predicted octanol–water partition coefficient (Wildman–Crippen LogP) is 2.33. The molecule has 0 aromatic heterocycles. The summed E-state index contributed by atoms with van der Waals surface area (Å²) in [7, 11) is 1.67. The normalized spacial score (nSPS) is 12.6. The van der Waals surface area contributed by atoms with Gasteiger partial charge in [0.05, 0.1) is 11.1 Å². The van der Waals surface area contributed by atoms with E-state index >= 15 is 0 Å². The summed E-state index contributed by atoms with van der Waals surface area (Å²) in [5, 5.41) is 2.87.